The number of carbonyl (C=O) groups excluding carboxylic acids is 1. The molecule has 0 fully saturated rings. The lowest BCUT2D eigenvalue weighted by Gasteiger charge is -2.22. The van der Waals surface area contributed by atoms with E-state index in [9.17, 15) is 4.79 Å². The number of carbonyl (C=O) groups is 1. The lowest BCUT2D eigenvalue weighted by atomic mass is 9.91. The van der Waals surface area contributed by atoms with Gasteiger partial charge in [0.15, 0.2) is 6.10 Å². The van der Waals surface area contributed by atoms with Crippen LogP contribution in [0.5, 0.6) is 5.75 Å². The van der Waals surface area contributed by atoms with Gasteiger partial charge in [0.05, 0.1) is 0 Å². The van der Waals surface area contributed by atoms with E-state index < -0.39 is 6.10 Å². The minimum Gasteiger partial charge on any atom is -0.481 e. The molecule has 0 heterocycles. The van der Waals surface area contributed by atoms with Crippen molar-refractivity contribution in [3.63, 3.8) is 0 Å². The molecule has 0 aliphatic heterocycles. The zero-order valence-electron chi connectivity index (χ0n) is 15.7. The van der Waals surface area contributed by atoms with Crippen molar-refractivity contribution in [1.82, 2.24) is 5.32 Å². The SMILES string of the molecule is C[C@@H](Oc1cccc2c1CCCC2)C(=O)NCCSCc1ccccc1Cl. The van der Waals surface area contributed by atoms with Gasteiger partial charge in [0, 0.05) is 23.1 Å². The van der Waals surface area contributed by atoms with E-state index in [0.29, 0.717) is 6.54 Å². The van der Waals surface area contributed by atoms with Crippen molar-refractivity contribution >= 4 is 29.3 Å². The number of hydrogen-bond acceptors (Lipinski definition) is 3. The molecule has 2 aromatic carbocycles. The van der Waals surface area contributed by atoms with Crippen molar-refractivity contribution in [1.29, 1.82) is 0 Å². The summed E-state index contributed by atoms with van der Waals surface area (Å²) in [4.78, 5) is 12.3. The smallest absolute Gasteiger partial charge is 0.260 e. The minimum absolute atomic E-state index is 0.0678. The maximum atomic E-state index is 12.3. The predicted molar refractivity (Wildman–Crippen MR) is 114 cm³/mol. The summed E-state index contributed by atoms with van der Waals surface area (Å²) in [5, 5.41) is 3.76. The Morgan fingerprint density at radius 1 is 1.19 bits per heavy atom. The average Bonchev–Trinajstić information content (AvgIpc) is 2.69. The highest BCUT2D eigenvalue weighted by atomic mass is 35.5. The van der Waals surface area contributed by atoms with Gasteiger partial charge in [-0.2, -0.15) is 11.8 Å². The second kappa shape index (κ2) is 10.0. The molecule has 5 heteroatoms. The number of ether oxygens (including phenoxy) is 1. The molecule has 1 amide bonds. The average molecular weight is 404 g/mol. The molecule has 27 heavy (non-hydrogen) atoms. The summed E-state index contributed by atoms with van der Waals surface area (Å²) in [5.74, 6) is 2.48. The summed E-state index contributed by atoms with van der Waals surface area (Å²) in [5.41, 5.74) is 3.77. The number of thioether (sulfide) groups is 1. The van der Waals surface area contributed by atoms with Gasteiger partial charge in [-0.05, 0) is 61.4 Å². The van der Waals surface area contributed by atoms with Gasteiger partial charge in [0.2, 0.25) is 0 Å². The molecule has 144 valence electrons. The molecule has 0 spiro atoms. The number of amides is 1. The maximum absolute atomic E-state index is 12.3. The monoisotopic (exact) mass is 403 g/mol. The first kappa shape index (κ1) is 20.1. The van der Waals surface area contributed by atoms with E-state index in [1.165, 1.54) is 24.0 Å². The Balaban J connectivity index is 1.41. The first-order valence-corrected chi connectivity index (χ1v) is 11.0. The Morgan fingerprint density at radius 2 is 2.00 bits per heavy atom. The summed E-state index contributed by atoms with van der Waals surface area (Å²) in [6, 6.07) is 14.0. The molecule has 0 bridgehead atoms. The number of nitrogens with one attached hydrogen (secondary N) is 1. The molecule has 0 aromatic heterocycles. The predicted octanol–water partition coefficient (Wildman–Crippen LogP) is 5.04. The van der Waals surface area contributed by atoms with Crippen molar-refractivity contribution in [3.8, 4) is 5.75 Å². The fourth-order valence-corrected chi connectivity index (χ4v) is 4.43. The number of rotatable bonds is 8. The van der Waals surface area contributed by atoms with E-state index in [4.69, 9.17) is 16.3 Å². The Morgan fingerprint density at radius 3 is 2.85 bits per heavy atom. The Kier molecular flexibility index (Phi) is 7.48. The van der Waals surface area contributed by atoms with Gasteiger partial charge < -0.3 is 10.1 Å². The quantitative estimate of drug-likeness (QED) is 0.628. The van der Waals surface area contributed by atoms with Gasteiger partial charge in [-0.15, -0.1) is 0 Å². The van der Waals surface area contributed by atoms with Crippen molar-refractivity contribution in [2.75, 3.05) is 12.3 Å². The highest BCUT2D eigenvalue weighted by Crippen LogP contribution is 2.30. The van der Waals surface area contributed by atoms with Crippen LogP contribution in [0.4, 0.5) is 0 Å². The summed E-state index contributed by atoms with van der Waals surface area (Å²) in [6.07, 6.45) is 4.08. The van der Waals surface area contributed by atoms with Crippen LogP contribution in [0.3, 0.4) is 0 Å². The van der Waals surface area contributed by atoms with Crippen LogP contribution in [-0.2, 0) is 23.4 Å². The zero-order chi connectivity index (χ0) is 19.1. The van der Waals surface area contributed by atoms with E-state index in [-0.39, 0.29) is 5.91 Å². The third-order valence-electron chi connectivity index (χ3n) is 4.79. The molecule has 1 N–H and O–H groups in total. The topological polar surface area (TPSA) is 38.3 Å². The van der Waals surface area contributed by atoms with E-state index in [1.807, 2.05) is 43.3 Å². The first-order chi connectivity index (χ1) is 13.1. The van der Waals surface area contributed by atoms with Crippen molar-refractivity contribution in [2.24, 2.45) is 0 Å². The number of aryl methyl sites for hydroxylation is 1. The molecule has 2 aromatic rings. The number of benzene rings is 2. The minimum atomic E-state index is -0.494. The van der Waals surface area contributed by atoms with E-state index in [2.05, 4.69) is 11.4 Å². The zero-order valence-corrected chi connectivity index (χ0v) is 17.2. The standard InChI is InChI=1S/C22H26ClNO2S/c1-16(26-21-12-6-9-17-7-2-4-10-19(17)21)22(25)24-13-14-27-15-18-8-3-5-11-20(18)23/h3,5-6,8-9,11-12,16H,2,4,7,10,13-15H2,1H3,(H,24,25)/t16-/m1/s1. The van der Waals surface area contributed by atoms with Crippen LogP contribution < -0.4 is 10.1 Å². The van der Waals surface area contributed by atoms with Gasteiger partial charge in [-0.3, -0.25) is 4.79 Å². The van der Waals surface area contributed by atoms with Gasteiger partial charge in [0.25, 0.3) is 5.91 Å². The van der Waals surface area contributed by atoms with Crippen LogP contribution in [-0.4, -0.2) is 24.3 Å². The summed E-state index contributed by atoms with van der Waals surface area (Å²) >= 11 is 7.91. The lowest BCUT2D eigenvalue weighted by molar-refractivity contribution is -0.127. The van der Waals surface area contributed by atoms with Gasteiger partial charge in [-0.25, -0.2) is 0 Å². The molecule has 0 saturated heterocycles. The lowest BCUT2D eigenvalue weighted by Crippen LogP contribution is -2.37. The highest BCUT2D eigenvalue weighted by molar-refractivity contribution is 7.98. The van der Waals surface area contributed by atoms with Crippen LogP contribution in [0.2, 0.25) is 5.02 Å². The molecule has 3 nitrogen and oxygen atoms in total. The van der Waals surface area contributed by atoms with Crippen LogP contribution in [0.1, 0.15) is 36.5 Å². The van der Waals surface area contributed by atoms with Gasteiger partial charge >= 0.3 is 0 Å². The van der Waals surface area contributed by atoms with Gasteiger partial charge in [-0.1, -0.05) is 41.9 Å². The second-order valence-corrected chi connectivity index (χ2v) is 8.31. The highest BCUT2D eigenvalue weighted by Gasteiger charge is 2.19. The molecule has 0 unspecified atom stereocenters. The van der Waals surface area contributed by atoms with Gasteiger partial charge in [0.1, 0.15) is 5.75 Å². The fourth-order valence-electron chi connectivity index (χ4n) is 3.29. The first-order valence-electron chi connectivity index (χ1n) is 9.51. The maximum Gasteiger partial charge on any atom is 0.260 e. The van der Waals surface area contributed by atoms with Crippen LogP contribution in [0, 0.1) is 0 Å². The summed E-state index contributed by atoms with van der Waals surface area (Å²) < 4.78 is 5.98. The fraction of sp³-hybridized carbons (Fsp3) is 0.409. The molecule has 1 atom stereocenters. The van der Waals surface area contributed by atoms with Crippen LogP contribution in [0.15, 0.2) is 42.5 Å². The molecule has 0 saturated carbocycles. The third-order valence-corrected chi connectivity index (χ3v) is 6.16. The largest absolute Gasteiger partial charge is 0.481 e. The van der Waals surface area contributed by atoms with E-state index in [1.54, 1.807) is 11.8 Å². The normalized spacial score (nSPS) is 14.3. The van der Waals surface area contributed by atoms with E-state index in [0.717, 1.165) is 40.7 Å². The number of fused-ring (bicyclic) bond motifs is 1. The van der Waals surface area contributed by atoms with Crippen molar-refractivity contribution in [3.05, 3.63) is 64.2 Å². The molecular weight excluding hydrogens is 378 g/mol. The molecular formula is C22H26ClNO2S. The third kappa shape index (κ3) is 5.66. The summed E-state index contributed by atoms with van der Waals surface area (Å²) in [6.45, 7) is 2.43. The van der Waals surface area contributed by atoms with Crippen LogP contribution >= 0.6 is 23.4 Å². The van der Waals surface area contributed by atoms with Crippen molar-refractivity contribution in [2.45, 2.75) is 44.5 Å². The molecule has 1 aliphatic rings. The Labute approximate surface area is 170 Å². The number of hydrogen-bond donors (Lipinski definition) is 1. The van der Waals surface area contributed by atoms with E-state index >= 15 is 0 Å². The summed E-state index contributed by atoms with van der Waals surface area (Å²) in [7, 11) is 0. The number of halogens is 1. The Bertz CT molecular complexity index is 781. The molecule has 3 rings (SSSR count). The molecule has 0 radical (unpaired) electrons. The van der Waals surface area contributed by atoms with Crippen LogP contribution in [0.25, 0.3) is 0 Å². The molecule has 1 aliphatic carbocycles. The Hall–Kier alpha value is -1.65. The van der Waals surface area contributed by atoms with Crippen molar-refractivity contribution < 1.29 is 9.53 Å². The second-order valence-electron chi connectivity index (χ2n) is 6.80.